The van der Waals surface area contributed by atoms with Gasteiger partial charge in [0.15, 0.2) is 6.04 Å². The third kappa shape index (κ3) is 3.82. The summed E-state index contributed by atoms with van der Waals surface area (Å²) < 4.78 is 41.4. The van der Waals surface area contributed by atoms with Crippen LogP contribution in [0.25, 0.3) is 5.69 Å². The highest BCUT2D eigenvalue weighted by molar-refractivity contribution is 5.94. The van der Waals surface area contributed by atoms with E-state index in [1.54, 1.807) is 16.7 Å². The molecule has 128 valence electrons. The molecule has 0 aliphatic heterocycles. The Labute approximate surface area is 140 Å². The summed E-state index contributed by atoms with van der Waals surface area (Å²) in [7, 11) is 0. The molecule has 0 saturated heterocycles. The highest BCUT2D eigenvalue weighted by Crippen LogP contribution is 2.32. The molecule has 1 atom stereocenters. The van der Waals surface area contributed by atoms with Crippen molar-refractivity contribution in [3.8, 4) is 5.69 Å². The number of nitrogens with zero attached hydrogens (tertiary/aromatic N) is 4. The monoisotopic (exact) mass is 347 g/mol. The summed E-state index contributed by atoms with van der Waals surface area (Å²) in [5.41, 5.74) is 0.653. The molecule has 0 radical (unpaired) electrons. The molecule has 3 aromatic rings. The Hall–Kier alpha value is -3.23. The molecule has 0 aliphatic carbocycles. The van der Waals surface area contributed by atoms with E-state index in [9.17, 15) is 18.0 Å². The summed E-state index contributed by atoms with van der Waals surface area (Å²) >= 11 is 0. The second-order valence-electron chi connectivity index (χ2n) is 5.15. The Morgan fingerprint density at radius 2 is 1.76 bits per heavy atom. The first kappa shape index (κ1) is 16.6. The number of hydrogen-bond donors (Lipinski definition) is 1. The summed E-state index contributed by atoms with van der Waals surface area (Å²) in [6, 6.07) is 6.55. The molecule has 6 nitrogen and oxygen atoms in total. The van der Waals surface area contributed by atoms with Crippen molar-refractivity contribution < 1.29 is 18.0 Å². The molecule has 1 N–H and O–H groups in total. The van der Waals surface area contributed by atoms with Gasteiger partial charge in [0.1, 0.15) is 12.7 Å². The standard InChI is InChI=1S/C16H12F3N5O/c17-16(18,19)14(12-2-1-7-20-8-12)23-15(25)11-3-5-13(6-4-11)24-9-21-22-10-24/h1-10,14H,(H,23,25)/t14-/m0/s1. The first-order valence-corrected chi connectivity index (χ1v) is 7.18. The second kappa shape index (κ2) is 6.71. The zero-order valence-electron chi connectivity index (χ0n) is 12.7. The number of hydrogen-bond acceptors (Lipinski definition) is 4. The van der Waals surface area contributed by atoms with Gasteiger partial charge < -0.3 is 5.32 Å². The molecule has 25 heavy (non-hydrogen) atoms. The molecule has 0 saturated carbocycles. The summed E-state index contributed by atoms with van der Waals surface area (Å²) in [6.07, 6.45) is 0.742. The minimum absolute atomic E-state index is 0.106. The van der Waals surface area contributed by atoms with Gasteiger partial charge in [0, 0.05) is 29.2 Å². The lowest BCUT2D eigenvalue weighted by atomic mass is 10.1. The number of amides is 1. The number of rotatable bonds is 4. The number of alkyl halides is 3. The van der Waals surface area contributed by atoms with Gasteiger partial charge in [-0.15, -0.1) is 10.2 Å². The predicted molar refractivity (Wildman–Crippen MR) is 81.9 cm³/mol. The Balaban J connectivity index is 1.80. The average Bonchev–Trinajstić information content (AvgIpc) is 3.14. The van der Waals surface area contributed by atoms with Crippen molar-refractivity contribution in [3.63, 3.8) is 0 Å². The Bertz CT molecular complexity index is 832. The fraction of sp³-hybridized carbons (Fsp3) is 0.125. The summed E-state index contributed by atoms with van der Waals surface area (Å²) in [6.45, 7) is 0. The van der Waals surface area contributed by atoms with Crippen LogP contribution in [-0.2, 0) is 0 Å². The van der Waals surface area contributed by atoms with Crippen LogP contribution in [0.15, 0.2) is 61.4 Å². The van der Waals surface area contributed by atoms with Gasteiger partial charge >= 0.3 is 6.18 Å². The maximum Gasteiger partial charge on any atom is 0.412 e. The molecule has 0 fully saturated rings. The molecule has 0 unspecified atom stereocenters. The van der Waals surface area contributed by atoms with Crippen molar-refractivity contribution in [1.29, 1.82) is 0 Å². The van der Waals surface area contributed by atoms with E-state index in [0.717, 1.165) is 6.20 Å². The van der Waals surface area contributed by atoms with Gasteiger partial charge in [-0.3, -0.25) is 14.3 Å². The normalized spacial score (nSPS) is 12.6. The van der Waals surface area contributed by atoms with Crippen LogP contribution in [0, 0.1) is 0 Å². The number of benzene rings is 1. The van der Waals surface area contributed by atoms with E-state index in [1.807, 2.05) is 5.32 Å². The molecule has 2 aromatic heterocycles. The largest absolute Gasteiger partial charge is 0.412 e. The number of carbonyl (C=O) groups excluding carboxylic acids is 1. The minimum Gasteiger partial charge on any atom is -0.337 e. The second-order valence-corrected chi connectivity index (χ2v) is 5.15. The lowest BCUT2D eigenvalue weighted by molar-refractivity contribution is -0.155. The van der Waals surface area contributed by atoms with Crippen LogP contribution in [0.2, 0.25) is 0 Å². The van der Waals surface area contributed by atoms with Gasteiger partial charge in [0.2, 0.25) is 0 Å². The molecule has 1 aromatic carbocycles. The van der Waals surface area contributed by atoms with Crippen molar-refractivity contribution in [3.05, 3.63) is 72.6 Å². The van der Waals surface area contributed by atoms with E-state index in [2.05, 4.69) is 15.2 Å². The third-order valence-corrected chi connectivity index (χ3v) is 3.47. The van der Waals surface area contributed by atoms with Crippen molar-refractivity contribution in [1.82, 2.24) is 25.1 Å². The molecule has 0 spiro atoms. The minimum atomic E-state index is -4.64. The topological polar surface area (TPSA) is 72.7 Å². The third-order valence-electron chi connectivity index (χ3n) is 3.47. The highest BCUT2D eigenvalue weighted by Gasteiger charge is 2.42. The van der Waals surface area contributed by atoms with Crippen molar-refractivity contribution >= 4 is 5.91 Å². The van der Waals surface area contributed by atoms with Crippen LogP contribution >= 0.6 is 0 Å². The number of pyridine rings is 1. The first-order chi connectivity index (χ1) is 11.9. The van der Waals surface area contributed by atoms with Gasteiger partial charge in [0.25, 0.3) is 5.91 Å². The lowest BCUT2D eigenvalue weighted by Crippen LogP contribution is -2.38. The van der Waals surface area contributed by atoms with Gasteiger partial charge in [-0.2, -0.15) is 13.2 Å². The molecule has 0 bridgehead atoms. The van der Waals surface area contributed by atoms with Crippen LogP contribution < -0.4 is 5.32 Å². The van der Waals surface area contributed by atoms with Crippen LogP contribution in [-0.4, -0.2) is 31.8 Å². The Morgan fingerprint density at radius 3 is 2.32 bits per heavy atom. The highest BCUT2D eigenvalue weighted by atomic mass is 19.4. The molecule has 0 aliphatic rings. The average molecular weight is 347 g/mol. The van der Waals surface area contributed by atoms with Gasteiger partial charge in [-0.25, -0.2) is 0 Å². The summed E-state index contributed by atoms with van der Waals surface area (Å²) in [5, 5.41) is 9.33. The van der Waals surface area contributed by atoms with E-state index in [-0.39, 0.29) is 11.1 Å². The van der Waals surface area contributed by atoms with Crippen molar-refractivity contribution in [2.75, 3.05) is 0 Å². The number of nitrogens with one attached hydrogen (secondary N) is 1. The van der Waals surface area contributed by atoms with E-state index in [0.29, 0.717) is 5.69 Å². The summed E-state index contributed by atoms with van der Waals surface area (Å²) in [4.78, 5) is 15.9. The molecular weight excluding hydrogens is 335 g/mol. The Kier molecular flexibility index (Phi) is 4.46. The molecule has 1 amide bonds. The molecule has 3 rings (SSSR count). The van der Waals surface area contributed by atoms with Crippen LogP contribution in [0.5, 0.6) is 0 Å². The van der Waals surface area contributed by atoms with Crippen molar-refractivity contribution in [2.24, 2.45) is 0 Å². The molecular formula is C16H12F3N5O. The fourth-order valence-electron chi connectivity index (χ4n) is 2.23. The van der Waals surface area contributed by atoms with Crippen LogP contribution in [0.1, 0.15) is 22.0 Å². The summed E-state index contributed by atoms with van der Waals surface area (Å²) in [5.74, 6) is -0.832. The lowest BCUT2D eigenvalue weighted by Gasteiger charge is -2.21. The number of aromatic nitrogens is 4. The first-order valence-electron chi connectivity index (χ1n) is 7.18. The SMILES string of the molecule is O=C(N[C@@H](c1cccnc1)C(F)(F)F)c1ccc(-n2cnnc2)cc1. The van der Waals surface area contributed by atoms with Crippen LogP contribution in [0.3, 0.4) is 0 Å². The van der Waals surface area contributed by atoms with E-state index in [1.165, 1.54) is 43.1 Å². The fourth-order valence-corrected chi connectivity index (χ4v) is 2.23. The van der Waals surface area contributed by atoms with Gasteiger partial charge in [-0.1, -0.05) is 6.07 Å². The van der Waals surface area contributed by atoms with Gasteiger partial charge in [0.05, 0.1) is 0 Å². The van der Waals surface area contributed by atoms with Gasteiger partial charge in [-0.05, 0) is 30.3 Å². The van der Waals surface area contributed by atoms with E-state index < -0.39 is 18.1 Å². The maximum absolute atomic E-state index is 13.3. The zero-order chi connectivity index (χ0) is 17.9. The number of carbonyl (C=O) groups is 1. The van der Waals surface area contributed by atoms with Crippen molar-refractivity contribution in [2.45, 2.75) is 12.2 Å². The predicted octanol–water partition coefficient (Wildman–Crippen LogP) is 2.70. The van der Waals surface area contributed by atoms with E-state index >= 15 is 0 Å². The van der Waals surface area contributed by atoms with Crippen LogP contribution in [0.4, 0.5) is 13.2 Å². The molecule has 9 heteroatoms. The Morgan fingerprint density at radius 1 is 1.08 bits per heavy atom. The smallest absolute Gasteiger partial charge is 0.337 e. The van der Waals surface area contributed by atoms with E-state index in [4.69, 9.17) is 0 Å². The quantitative estimate of drug-likeness (QED) is 0.788. The molecule has 2 heterocycles. The maximum atomic E-state index is 13.3. The zero-order valence-corrected chi connectivity index (χ0v) is 12.7. The number of halogens is 3.